The minimum Gasteiger partial charge on any atom is -0.779 e. The average molecular weight is 722 g/mol. The highest BCUT2D eigenvalue weighted by Crippen LogP contribution is 2.42. The molecule has 19 nitrogen and oxygen atoms in total. The van der Waals surface area contributed by atoms with Crippen LogP contribution in [0.25, 0.3) is 0 Å². The van der Waals surface area contributed by atoms with Crippen molar-refractivity contribution in [3.05, 3.63) is 0 Å². The molecular formula is C23H48O19P3-3. The van der Waals surface area contributed by atoms with Gasteiger partial charge in [0.25, 0.3) is 0 Å². The SMILES string of the molecule is COCC(O)C(O)C(O)CO[C@@H]1O[C@H](CO)[C@H](OP(C)(=O)[O-])C1C.COP(C)(=O)[O-].CO[C@@H]1O[C@H](CO)[C@H](OP(C)(=O)[O-])C1C. The summed E-state index contributed by atoms with van der Waals surface area (Å²) in [4.78, 5) is 32.1. The molecule has 0 radical (unpaired) electrons. The van der Waals surface area contributed by atoms with Gasteiger partial charge in [-0.2, -0.15) is 0 Å². The van der Waals surface area contributed by atoms with Crippen LogP contribution in [0.5, 0.6) is 0 Å². The third kappa shape index (κ3) is 17.3. The van der Waals surface area contributed by atoms with E-state index < -0.39 is 90.6 Å². The second-order valence-corrected chi connectivity index (χ2v) is 15.9. The number of rotatable bonds is 15. The number of methoxy groups -OCH3 is 2. The van der Waals surface area contributed by atoms with Crippen molar-refractivity contribution in [2.45, 2.75) is 69.2 Å². The molecule has 2 rings (SSSR count). The van der Waals surface area contributed by atoms with Crippen LogP contribution in [0.1, 0.15) is 13.8 Å². The van der Waals surface area contributed by atoms with E-state index in [2.05, 4.69) is 9.26 Å². The first-order valence-electron chi connectivity index (χ1n) is 13.5. The fourth-order valence-electron chi connectivity index (χ4n) is 4.08. The van der Waals surface area contributed by atoms with E-state index >= 15 is 0 Å². The molecule has 0 spiro atoms. The molecule has 2 saturated heterocycles. The Bertz CT molecular complexity index is 954. The second kappa shape index (κ2) is 20.5. The summed E-state index contributed by atoms with van der Waals surface area (Å²) in [7, 11) is -7.34. The third-order valence-corrected chi connectivity index (χ3v) is 8.27. The summed E-state index contributed by atoms with van der Waals surface area (Å²) in [5.74, 6) is -0.785. The monoisotopic (exact) mass is 721 g/mol. The van der Waals surface area contributed by atoms with Crippen molar-refractivity contribution in [3.8, 4) is 0 Å². The van der Waals surface area contributed by atoms with Crippen LogP contribution >= 0.6 is 22.8 Å². The number of aliphatic hydroxyl groups is 5. The van der Waals surface area contributed by atoms with Gasteiger partial charge in [-0.15, -0.1) is 0 Å². The molecule has 0 aromatic heterocycles. The molecule has 0 amide bonds. The van der Waals surface area contributed by atoms with Crippen LogP contribution in [0.2, 0.25) is 0 Å². The fraction of sp³-hybridized carbons (Fsp3) is 1.00. The maximum absolute atomic E-state index is 11.3. The number of hydrogen-bond donors (Lipinski definition) is 5. The molecule has 0 bridgehead atoms. The van der Waals surface area contributed by atoms with Crippen molar-refractivity contribution in [2.75, 3.05) is 67.8 Å². The maximum atomic E-state index is 11.3. The predicted octanol–water partition coefficient (Wildman–Crippen LogP) is -2.98. The smallest absolute Gasteiger partial charge is 0.163 e. The Morgan fingerprint density at radius 2 is 1.09 bits per heavy atom. The lowest BCUT2D eigenvalue weighted by molar-refractivity contribution is -0.204. The molecule has 0 aromatic rings. The Kier molecular flexibility index (Phi) is 20.6. The minimum absolute atomic E-state index is 0.160. The van der Waals surface area contributed by atoms with Crippen LogP contribution in [0.15, 0.2) is 0 Å². The molecule has 2 fully saturated rings. The Labute approximate surface area is 262 Å². The zero-order valence-electron chi connectivity index (χ0n) is 26.5. The Morgan fingerprint density at radius 3 is 1.42 bits per heavy atom. The molecule has 2 heterocycles. The Hall–Kier alpha value is 0.0500. The molecule has 2 aliphatic rings. The van der Waals surface area contributed by atoms with Crippen LogP contribution in [0, 0.1) is 11.8 Å². The van der Waals surface area contributed by atoms with Crippen molar-refractivity contribution in [1.82, 2.24) is 0 Å². The highest BCUT2D eigenvalue weighted by molar-refractivity contribution is 7.50. The van der Waals surface area contributed by atoms with Gasteiger partial charge in [-0.1, -0.05) is 13.8 Å². The van der Waals surface area contributed by atoms with E-state index in [0.29, 0.717) is 0 Å². The zero-order chi connectivity index (χ0) is 35.3. The van der Waals surface area contributed by atoms with Gasteiger partial charge in [0.05, 0.1) is 38.6 Å². The largest absolute Gasteiger partial charge is 0.779 e. The van der Waals surface area contributed by atoms with Gasteiger partial charge in [-0.05, 0) is 0 Å². The quantitative estimate of drug-likeness (QED) is 0.105. The summed E-state index contributed by atoms with van der Waals surface area (Å²) in [5.41, 5.74) is 0. The van der Waals surface area contributed by atoms with Crippen molar-refractivity contribution in [2.24, 2.45) is 11.8 Å². The molecule has 5 N–H and O–H groups in total. The van der Waals surface area contributed by atoms with E-state index in [4.69, 9.17) is 33.1 Å². The lowest BCUT2D eigenvalue weighted by atomic mass is 10.0. The summed E-state index contributed by atoms with van der Waals surface area (Å²) in [5, 5.41) is 47.4. The lowest BCUT2D eigenvalue weighted by Crippen LogP contribution is -2.43. The summed E-state index contributed by atoms with van der Waals surface area (Å²) in [6.07, 6.45) is -8.83. The van der Waals surface area contributed by atoms with Gasteiger partial charge in [0.15, 0.2) is 12.6 Å². The summed E-state index contributed by atoms with van der Waals surface area (Å²) < 4.78 is 71.5. The van der Waals surface area contributed by atoms with Gasteiger partial charge >= 0.3 is 0 Å². The number of hydrogen-bond acceptors (Lipinski definition) is 19. The molecule has 14 atom stereocenters. The molecule has 2 aliphatic heterocycles. The van der Waals surface area contributed by atoms with Crippen LogP contribution in [-0.2, 0) is 51.0 Å². The zero-order valence-corrected chi connectivity index (χ0v) is 29.2. The van der Waals surface area contributed by atoms with Crippen LogP contribution in [0.4, 0.5) is 0 Å². The first-order chi connectivity index (χ1) is 20.5. The molecule has 0 saturated carbocycles. The lowest BCUT2D eigenvalue weighted by Gasteiger charge is -2.27. The molecular weight excluding hydrogens is 673 g/mol. The van der Waals surface area contributed by atoms with Crippen molar-refractivity contribution in [3.63, 3.8) is 0 Å². The molecule has 0 aromatic carbocycles. The first-order valence-corrected chi connectivity index (χ1v) is 19.5. The van der Waals surface area contributed by atoms with Crippen molar-refractivity contribution >= 4 is 22.8 Å². The highest BCUT2D eigenvalue weighted by Gasteiger charge is 2.45. The van der Waals surface area contributed by atoms with Gasteiger partial charge in [-0.25, -0.2) is 0 Å². The van der Waals surface area contributed by atoms with Gasteiger partial charge < -0.3 is 91.2 Å². The fourth-order valence-corrected chi connectivity index (χ4v) is 5.62. The summed E-state index contributed by atoms with van der Waals surface area (Å²) >= 11 is 0. The molecule has 8 unspecified atom stereocenters. The van der Waals surface area contributed by atoms with E-state index in [1.54, 1.807) is 13.8 Å². The van der Waals surface area contributed by atoms with E-state index in [0.717, 1.165) is 27.1 Å². The predicted molar refractivity (Wildman–Crippen MR) is 150 cm³/mol. The van der Waals surface area contributed by atoms with Crippen LogP contribution in [0.3, 0.4) is 0 Å². The molecule has 22 heteroatoms. The van der Waals surface area contributed by atoms with E-state index in [9.17, 15) is 48.8 Å². The topological polar surface area (TPSA) is 295 Å². The first kappa shape index (κ1) is 45.0. The number of ether oxygens (including phenoxy) is 5. The maximum Gasteiger partial charge on any atom is 0.163 e. The Morgan fingerprint density at radius 1 is 0.711 bits per heavy atom. The molecule has 0 aliphatic carbocycles. The molecule has 45 heavy (non-hydrogen) atoms. The minimum atomic E-state index is -4.04. The van der Waals surface area contributed by atoms with Gasteiger partial charge in [0.1, 0.15) is 53.3 Å². The van der Waals surface area contributed by atoms with Gasteiger partial charge in [-0.3, -0.25) is 0 Å². The van der Waals surface area contributed by atoms with Crippen molar-refractivity contribution in [1.29, 1.82) is 0 Å². The Balaban J connectivity index is 0.000000779. The number of aliphatic hydroxyl groups excluding tert-OH is 5. The molecule has 272 valence electrons. The van der Waals surface area contributed by atoms with Crippen LogP contribution in [-0.4, -0.2) is 149 Å². The van der Waals surface area contributed by atoms with Crippen molar-refractivity contribution < 1.29 is 91.2 Å². The summed E-state index contributed by atoms with van der Waals surface area (Å²) in [6.45, 7) is 5.01. The second-order valence-electron chi connectivity index (χ2n) is 10.5. The van der Waals surface area contributed by atoms with E-state index in [-0.39, 0.29) is 25.7 Å². The average Bonchev–Trinajstić information content (AvgIpc) is 3.39. The van der Waals surface area contributed by atoms with E-state index in [1.807, 2.05) is 0 Å². The normalized spacial score (nSPS) is 34.1. The van der Waals surface area contributed by atoms with Crippen LogP contribution < -0.4 is 14.7 Å². The third-order valence-electron chi connectivity index (χ3n) is 6.35. The highest BCUT2D eigenvalue weighted by atomic mass is 31.2. The van der Waals surface area contributed by atoms with Gasteiger partial charge in [0.2, 0.25) is 0 Å². The standard InChI is InChI=1S/C13H27O10P.C8H17O6P.C2H7O3P/c1-7-12(23-24(3,18)19)10(4-14)22-13(7)21-6-9(16)11(17)8(15)5-20-2;1-5-7(14-15(3,10)11)6(4-9)13-8(5)12-2;1-5-6(2,3)4/h7-17H,4-6H2,1-3H3,(H,18,19);5-9H,4H2,1-3H3,(H,10,11);1-2H3,(H,3,4)/p-3/t7?,8?,9?,10-,11?,12-,13-;5?,6-,7-,8-;/m11./s1. The van der Waals surface area contributed by atoms with Gasteiger partial charge in [0, 0.05) is 53.2 Å². The van der Waals surface area contributed by atoms with E-state index in [1.165, 1.54) is 14.2 Å². The summed E-state index contributed by atoms with van der Waals surface area (Å²) in [6, 6.07) is 0.